The molecule has 0 unspecified atom stereocenters. The highest BCUT2D eigenvalue weighted by molar-refractivity contribution is 9.10. The first-order chi connectivity index (χ1) is 12.9. The quantitative estimate of drug-likeness (QED) is 0.367. The maximum atomic E-state index is 12.2. The third-order valence-electron chi connectivity index (χ3n) is 3.79. The first-order valence-electron chi connectivity index (χ1n) is 7.76. The van der Waals surface area contributed by atoms with Crippen molar-refractivity contribution in [1.82, 2.24) is 0 Å². The average Bonchev–Trinajstić information content (AvgIpc) is 2.96. The second-order valence-corrected chi connectivity index (χ2v) is 6.51. The van der Waals surface area contributed by atoms with E-state index in [-0.39, 0.29) is 17.1 Å². The first kappa shape index (κ1) is 18.6. The zero-order valence-electron chi connectivity index (χ0n) is 14.0. The van der Waals surface area contributed by atoms with Crippen molar-refractivity contribution < 1.29 is 23.7 Å². The van der Waals surface area contributed by atoms with Gasteiger partial charge in [0, 0.05) is 21.5 Å². The van der Waals surface area contributed by atoms with Gasteiger partial charge in [-0.2, -0.15) is 0 Å². The van der Waals surface area contributed by atoms with Crippen LogP contribution in [-0.2, 0) is 9.53 Å². The van der Waals surface area contributed by atoms with Crippen molar-refractivity contribution in [1.29, 1.82) is 0 Å². The zero-order chi connectivity index (χ0) is 19.6. The summed E-state index contributed by atoms with van der Waals surface area (Å²) in [5.41, 5.74) is 0.881. The van der Waals surface area contributed by atoms with Gasteiger partial charge in [0.1, 0.15) is 11.3 Å². The van der Waals surface area contributed by atoms with E-state index in [0.717, 1.165) is 9.86 Å². The normalized spacial score (nSPS) is 10.6. The molecule has 0 atom stereocenters. The highest BCUT2D eigenvalue weighted by Crippen LogP contribution is 2.28. The number of nitrogens with one attached hydrogen (secondary N) is 1. The number of furan rings is 1. The molecule has 1 aromatic heterocycles. The number of anilines is 1. The average molecular weight is 433 g/mol. The number of hydrogen-bond acceptors (Lipinski definition) is 6. The Labute approximate surface area is 161 Å². The number of para-hydroxylation sites is 2. The molecule has 1 amide bonds. The highest BCUT2D eigenvalue weighted by Gasteiger charge is 2.21. The second kappa shape index (κ2) is 7.58. The topological polar surface area (TPSA) is 112 Å². The van der Waals surface area contributed by atoms with Crippen LogP contribution in [0, 0.1) is 17.0 Å². The molecule has 0 spiro atoms. The highest BCUT2D eigenvalue weighted by atomic mass is 79.9. The zero-order valence-corrected chi connectivity index (χ0v) is 15.6. The largest absolute Gasteiger partial charge is 0.450 e. The summed E-state index contributed by atoms with van der Waals surface area (Å²) in [5.74, 6) is -1.49. The Morgan fingerprint density at radius 2 is 2.00 bits per heavy atom. The van der Waals surface area contributed by atoms with E-state index in [2.05, 4.69) is 21.2 Å². The molecule has 8 nitrogen and oxygen atoms in total. The van der Waals surface area contributed by atoms with Gasteiger partial charge < -0.3 is 14.5 Å². The van der Waals surface area contributed by atoms with Gasteiger partial charge in [0.25, 0.3) is 11.6 Å². The van der Waals surface area contributed by atoms with Crippen LogP contribution in [0.5, 0.6) is 0 Å². The third kappa shape index (κ3) is 3.98. The summed E-state index contributed by atoms with van der Waals surface area (Å²) in [7, 11) is 0. The molecule has 0 aliphatic rings. The van der Waals surface area contributed by atoms with E-state index in [9.17, 15) is 19.7 Å². The summed E-state index contributed by atoms with van der Waals surface area (Å²) in [6.07, 6.45) is 0. The van der Waals surface area contributed by atoms with Gasteiger partial charge in [-0.05, 0) is 31.2 Å². The maximum absolute atomic E-state index is 12.2. The monoisotopic (exact) mass is 432 g/mol. The fourth-order valence-corrected chi connectivity index (χ4v) is 2.87. The molecule has 1 heterocycles. The van der Waals surface area contributed by atoms with Gasteiger partial charge in [-0.3, -0.25) is 14.9 Å². The Balaban J connectivity index is 1.68. The van der Waals surface area contributed by atoms with E-state index in [1.165, 1.54) is 18.2 Å². The Morgan fingerprint density at radius 3 is 2.74 bits per heavy atom. The number of esters is 1. The molecule has 27 heavy (non-hydrogen) atoms. The van der Waals surface area contributed by atoms with E-state index in [1.54, 1.807) is 25.1 Å². The van der Waals surface area contributed by atoms with E-state index in [0.29, 0.717) is 11.1 Å². The lowest BCUT2D eigenvalue weighted by molar-refractivity contribution is -0.383. The van der Waals surface area contributed by atoms with Crippen molar-refractivity contribution in [3.63, 3.8) is 0 Å². The number of benzene rings is 2. The van der Waals surface area contributed by atoms with Crippen LogP contribution in [-0.4, -0.2) is 23.4 Å². The standard InChI is InChI=1S/C18H13BrN2O6/c1-10-12-8-11(19)6-7-15(12)27-17(10)18(23)26-9-16(22)20-13-4-2-3-5-14(13)21(24)25/h2-8H,9H2,1H3,(H,20,22). The molecule has 138 valence electrons. The van der Waals surface area contributed by atoms with Crippen LogP contribution in [0.4, 0.5) is 11.4 Å². The lowest BCUT2D eigenvalue weighted by Crippen LogP contribution is -2.21. The number of nitro groups is 1. The van der Waals surface area contributed by atoms with Crippen LogP contribution in [0.25, 0.3) is 11.0 Å². The molecular formula is C18H13BrN2O6. The lowest BCUT2D eigenvalue weighted by atomic mass is 10.1. The molecule has 0 saturated carbocycles. The molecule has 0 fully saturated rings. The van der Waals surface area contributed by atoms with Crippen LogP contribution < -0.4 is 5.32 Å². The van der Waals surface area contributed by atoms with Crippen LogP contribution in [0.1, 0.15) is 16.1 Å². The maximum Gasteiger partial charge on any atom is 0.375 e. The molecular weight excluding hydrogens is 420 g/mol. The van der Waals surface area contributed by atoms with Gasteiger partial charge in [0.15, 0.2) is 6.61 Å². The van der Waals surface area contributed by atoms with Gasteiger partial charge in [-0.1, -0.05) is 28.1 Å². The number of carbonyl (C=O) groups is 2. The van der Waals surface area contributed by atoms with Gasteiger partial charge in [0.2, 0.25) is 5.76 Å². The van der Waals surface area contributed by atoms with Crippen molar-refractivity contribution in [3.8, 4) is 0 Å². The third-order valence-corrected chi connectivity index (χ3v) is 4.29. The van der Waals surface area contributed by atoms with E-state index >= 15 is 0 Å². The van der Waals surface area contributed by atoms with Crippen LogP contribution >= 0.6 is 15.9 Å². The minimum absolute atomic E-state index is 0.00147. The van der Waals surface area contributed by atoms with Gasteiger partial charge in [0.05, 0.1) is 4.92 Å². The van der Waals surface area contributed by atoms with Crippen molar-refractivity contribution >= 4 is 50.2 Å². The molecule has 0 bridgehead atoms. The summed E-state index contributed by atoms with van der Waals surface area (Å²) >= 11 is 3.35. The van der Waals surface area contributed by atoms with Crippen LogP contribution in [0.2, 0.25) is 0 Å². The second-order valence-electron chi connectivity index (χ2n) is 5.60. The Bertz CT molecular complexity index is 1060. The molecule has 0 aliphatic carbocycles. The fraction of sp³-hybridized carbons (Fsp3) is 0.111. The minimum atomic E-state index is -0.794. The number of ether oxygens (including phenoxy) is 1. The lowest BCUT2D eigenvalue weighted by Gasteiger charge is -2.06. The molecule has 1 N–H and O–H groups in total. The molecule has 2 aromatic carbocycles. The Kier molecular flexibility index (Phi) is 5.22. The smallest absolute Gasteiger partial charge is 0.375 e. The summed E-state index contributed by atoms with van der Waals surface area (Å²) in [4.78, 5) is 34.6. The first-order valence-corrected chi connectivity index (χ1v) is 8.55. The summed E-state index contributed by atoms with van der Waals surface area (Å²) in [5, 5.41) is 14.1. The number of carbonyl (C=O) groups excluding carboxylic acids is 2. The Hall–Kier alpha value is -3.20. The SMILES string of the molecule is Cc1c(C(=O)OCC(=O)Nc2ccccc2[N+](=O)[O-])oc2ccc(Br)cc12. The van der Waals surface area contributed by atoms with Gasteiger partial charge in [-0.25, -0.2) is 4.79 Å². The van der Waals surface area contributed by atoms with E-state index < -0.39 is 23.4 Å². The summed E-state index contributed by atoms with van der Waals surface area (Å²) in [6.45, 7) is 1.10. The molecule has 9 heteroatoms. The van der Waals surface area contributed by atoms with E-state index in [1.807, 2.05) is 6.07 Å². The fourth-order valence-electron chi connectivity index (χ4n) is 2.51. The van der Waals surface area contributed by atoms with Crippen molar-refractivity contribution in [3.05, 3.63) is 68.4 Å². The van der Waals surface area contributed by atoms with Gasteiger partial charge in [-0.15, -0.1) is 0 Å². The van der Waals surface area contributed by atoms with Crippen molar-refractivity contribution in [2.75, 3.05) is 11.9 Å². The van der Waals surface area contributed by atoms with Crippen LogP contribution in [0.15, 0.2) is 51.4 Å². The number of nitrogens with zero attached hydrogens (tertiary/aromatic N) is 1. The number of aryl methyl sites for hydroxylation is 1. The van der Waals surface area contributed by atoms with Gasteiger partial charge >= 0.3 is 5.97 Å². The van der Waals surface area contributed by atoms with E-state index in [4.69, 9.17) is 9.15 Å². The minimum Gasteiger partial charge on any atom is -0.450 e. The Morgan fingerprint density at radius 1 is 1.26 bits per heavy atom. The molecule has 0 radical (unpaired) electrons. The molecule has 0 saturated heterocycles. The molecule has 3 rings (SSSR count). The van der Waals surface area contributed by atoms with Crippen LogP contribution in [0.3, 0.4) is 0 Å². The predicted molar refractivity (Wildman–Crippen MR) is 101 cm³/mol. The number of amides is 1. The molecule has 0 aliphatic heterocycles. The summed E-state index contributed by atoms with van der Waals surface area (Å²) < 4.78 is 11.3. The predicted octanol–water partition coefficient (Wildman–Crippen LogP) is 4.21. The number of hydrogen-bond donors (Lipinski definition) is 1. The van der Waals surface area contributed by atoms with Crippen molar-refractivity contribution in [2.24, 2.45) is 0 Å². The number of nitro benzene ring substituents is 1. The number of rotatable bonds is 5. The number of halogens is 1. The number of fused-ring (bicyclic) bond motifs is 1. The summed E-state index contributed by atoms with van der Waals surface area (Å²) in [6, 6.07) is 11.0. The van der Waals surface area contributed by atoms with Crippen molar-refractivity contribution in [2.45, 2.75) is 6.92 Å². The molecule has 3 aromatic rings.